The van der Waals surface area contributed by atoms with Gasteiger partial charge in [0.05, 0.1) is 33.4 Å². The Morgan fingerprint density at radius 1 is 0.186 bits per heavy atom. The average Bonchev–Trinajstić information content (AvgIpc) is 1.57. The van der Waals surface area contributed by atoms with Gasteiger partial charge in [0, 0.05) is 66.4 Å². The molecule has 2 aromatic heterocycles. The van der Waals surface area contributed by atoms with Crippen LogP contribution in [0.5, 0.6) is 0 Å². The Bertz CT molecular complexity index is 5060. The standard InChI is InChI=1S/C82H54N4/c1-3-25-59(26-4-1)83(63-49-51-79-73(53-63)67-31-15-17-37-77(67)85(79)75-39-19-23-55-21-7-9-29-65(55)75)61-45-41-57(42-46-61)81-69-33-11-13-35-71(69)82(72-36-14-12-34-70(72)81)58-43-47-62(48-44-58)84(60-27-5-2-6-28-60)64-50-52-80-74(54-64)68-32-16-18-38-78(68)86(80)76-40-20-24-56-22-8-10-30-66(56)76/h1-54H. The van der Waals surface area contributed by atoms with Crippen LogP contribution >= 0.6 is 0 Å². The van der Waals surface area contributed by atoms with Crippen molar-refractivity contribution in [2.24, 2.45) is 0 Å². The number of nitrogens with zero attached hydrogens (tertiary/aromatic N) is 4. The summed E-state index contributed by atoms with van der Waals surface area (Å²) in [6, 6.07) is 120. The summed E-state index contributed by atoms with van der Waals surface area (Å²) in [6.07, 6.45) is 0. The fourth-order valence-corrected chi connectivity index (χ4v) is 13.9. The first kappa shape index (κ1) is 49.2. The van der Waals surface area contributed by atoms with E-state index in [4.69, 9.17) is 0 Å². The van der Waals surface area contributed by atoms with Crippen molar-refractivity contribution in [1.82, 2.24) is 9.13 Å². The Morgan fingerprint density at radius 2 is 0.477 bits per heavy atom. The molecule has 0 amide bonds. The van der Waals surface area contributed by atoms with E-state index in [1.54, 1.807) is 0 Å². The molecule has 0 saturated heterocycles. The number of rotatable bonds is 10. The van der Waals surface area contributed by atoms with Gasteiger partial charge in [0.25, 0.3) is 0 Å². The predicted octanol–water partition coefficient (Wildman–Crippen LogP) is 22.8. The van der Waals surface area contributed by atoms with E-state index in [0.717, 1.165) is 34.1 Å². The van der Waals surface area contributed by atoms with Crippen molar-refractivity contribution in [3.63, 3.8) is 0 Å². The van der Waals surface area contributed by atoms with Crippen molar-refractivity contribution in [3.05, 3.63) is 328 Å². The maximum atomic E-state index is 2.43. The molecule has 2 heterocycles. The van der Waals surface area contributed by atoms with E-state index < -0.39 is 0 Å². The smallest absolute Gasteiger partial charge is 0.0542 e. The maximum Gasteiger partial charge on any atom is 0.0542 e. The molecular weight excluding hydrogens is 1040 g/mol. The molecule has 0 radical (unpaired) electrons. The molecule has 0 aliphatic carbocycles. The van der Waals surface area contributed by atoms with Crippen LogP contribution in [0.15, 0.2) is 328 Å². The van der Waals surface area contributed by atoms with Crippen LogP contribution in [0, 0.1) is 0 Å². The Morgan fingerprint density at radius 3 is 0.872 bits per heavy atom. The number of anilines is 6. The van der Waals surface area contributed by atoms with Crippen molar-refractivity contribution >= 4 is 121 Å². The molecule has 0 aliphatic rings. The van der Waals surface area contributed by atoms with E-state index in [0.29, 0.717) is 0 Å². The van der Waals surface area contributed by atoms with Gasteiger partial charge in [0.15, 0.2) is 0 Å². The minimum absolute atomic E-state index is 1.08. The van der Waals surface area contributed by atoms with Crippen LogP contribution < -0.4 is 9.80 Å². The van der Waals surface area contributed by atoms with Gasteiger partial charge in [0.2, 0.25) is 0 Å². The van der Waals surface area contributed by atoms with Gasteiger partial charge >= 0.3 is 0 Å². The molecule has 86 heavy (non-hydrogen) atoms. The Kier molecular flexibility index (Phi) is 11.5. The molecule has 0 atom stereocenters. The third-order valence-electron chi connectivity index (χ3n) is 17.6. The van der Waals surface area contributed by atoms with E-state index in [-0.39, 0.29) is 0 Å². The van der Waals surface area contributed by atoms with Crippen molar-refractivity contribution in [2.45, 2.75) is 0 Å². The third kappa shape index (κ3) is 7.92. The number of para-hydroxylation sites is 4. The van der Waals surface area contributed by atoms with Crippen LogP contribution in [-0.2, 0) is 0 Å². The van der Waals surface area contributed by atoms with Gasteiger partial charge < -0.3 is 18.9 Å². The van der Waals surface area contributed by atoms with Gasteiger partial charge in [-0.25, -0.2) is 0 Å². The first-order valence-corrected chi connectivity index (χ1v) is 29.6. The zero-order valence-corrected chi connectivity index (χ0v) is 47.0. The van der Waals surface area contributed by atoms with Crippen molar-refractivity contribution < 1.29 is 0 Å². The topological polar surface area (TPSA) is 16.3 Å². The molecule has 15 aromatic carbocycles. The fourth-order valence-electron chi connectivity index (χ4n) is 13.9. The minimum atomic E-state index is 1.08. The number of fused-ring (bicyclic) bond motifs is 10. The highest BCUT2D eigenvalue weighted by atomic mass is 15.1. The fraction of sp³-hybridized carbons (Fsp3) is 0. The molecule has 0 saturated carbocycles. The lowest BCUT2D eigenvalue weighted by atomic mass is 9.86. The lowest BCUT2D eigenvalue weighted by Crippen LogP contribution is -2.09. The molecular formula is C82H54N4. The highest BCUT2D eigenvalue weighted by Crippen LogP contribution is 2.47. The summed E-state index contributed by atoms with van der Waals surface area (Å²) in [4.78, 5) is 4.78. The molecule has 0 N–H and O–H groups in total. The number of benzene rings is 15. The zero-order valence-electron chi connectivity index (χ0n) is 47.0. The summed E-state index contributed by atoms with van der Waals surface area (Å²) in [6.45, 7) is 0. The number of hydrogen-bond acceptors (Lipinski definition) is 2. The normalized spacial score (nSPS) is 11.7. The van der Waals surface area contributed by atoms with E-state index in [1.165, 1.54) is 120 Å². The molecule has 0 unspecified atom stereocenters. The van der Waals surface area contributed by atoms with Crippen molar-refractivity contribution in [1.29, 1.82) is 0 Å². The van der Waals surface area contributed by atoms with E-state index in [2.05, 4.69) is 347 Å². The van der Waals surface area contributed by atoms with Crippen LogP contribution in [-0.4, -0.2) is 9.13 Å². The number of aromatic nitrogens is 2. The van der Waals surface area contributed by atoms with Crippen molar-refractivity contribution in [3.8, 4) is 33.6 Å². The second-order valence-corrected chi connectivity index (χ2v) is 22.4. The van der Waals surface area contributed by atoms with E-state index >= 15 is 0 Å². The maximum absolute atomic E-state index is 2.43. The summed E-state index contributed by atoms with van der Waals surface area (Å²) in [5, 5.41) is 14.6. The first-order valence-electron chi connectivity index (χ1n) is 29.6. The van der Waals surface area contributed by atoms with Crippen LogP contribution in [0.25, 0.3) is 120 Å². The molecule has 4 heteroatoms. The molecule has 17 aromatic rings. The SMILES string of the molecule is c1ccc(N(c2ccc(-c3c4ccccc4c(-c4ccc(N(c5ccccc5)c5ccc6c(c5)c5ccccc5n6-c5cccc6ccccc56)cc4)c4ccccc34)cc2)c2ccc3c(c2)c2ccccc2n3-c2cccc3ccccc23)cc1. The highest BCUT2D eigenvalue weighted by Gasteiger charge is 2.23. The predicted molar refractivity (Wildman–Crippen MR) is 365 cm³/mol. The summed E-state index contributed by atoms with van der Waals surface area (Å²) in [7, 11) is 0. The van der Waals surface area contributed by atoms with Crippen molar-refractivity contribution in [2.75, 3.05) is 9.80 Å². The summed E-state index contributed by atoms with van der Waals surface area (Å²) < 4.78 is 4.87. The minimum Gasteiger partial charge on any atom is -0.310 e. The quantitative estimate of drug-likeness (QED) is 0.127. The second-order valence-electron chi connectivity index (χ2n) is 22.4. The molecule has 0 spiro atoms. The number of hydrogen-bond donors (Lipinski definition) is 0. The molecule has 17 rings (SSSR count). The van der Waals surface area contributed by atoms with Gasteiger partial charge in [-0.15, -0.1) is 0 Å². The highest BCUT2D eigenvalue weighted by molar-refractivity contribution is 6.22. The van der Waals surface area contributed by atoms with Crippen LogP contribution in [0.1, 0.15) is 0 Å². The third-order valence-corrected chi connectivity index (χ3v) is 17.6. The molecule has 4 nitrogen and oxygen atoms in total. The first-order chi connectivity index (χ1) is 42.7. The lowest BCUT2D eigenvalue weighted by molar-refractivity contribution is 1.20. The lowest BCUT2D eigenvalue weighted by Gasteiger charge is -2.26. The van der Waals surface area contributed by atoms with Crippen LogP contribution in [0.2, 0.25) is 0 Å². The molecule has 0 fully saturated rings. The van der Waals surface area contributed by atoms with Gasteiger partial charge in [0.1, 0.15) is 0 Å². The Hall–Kier alpha value is -11.5. The van der Waals surface area contributed by atoms with Gasteiger partial charge in [-0.05, 0) is 164 Å². The largest absolute Gasteiger partial charge is 0.310 e. The summed E-state index contributed by atoms with van der Waals surface area (Å²) >= 11 is 0. The molecule has 0 aliphatic heterocycles. The van der Waals surface area contributed by atoms with E-state index in [9.17, 15) is 0 Å². The van der Waals surface area contributed by atoms with Gasteiger partial charge in [-0.1, -0.05) is 218 Å². The Labute approximate surface area is 498 Å². The summed E-state index contributed by atoms with van der Waals surface area (Å²) in [5.74, 6) is 0. The Balaban J connectivity index is 0.757. The average molecular weight is 1100 g/mol. The molecule has 402 valence electrons. The molecule has 0 bridgehead atoms. The monoisotopic (exact) mass is 1090 g/mol. The van der Waals surface area contributed by atoms with Crippen LogP contribution in [0.3, 0.4) is 0 Å². The van der Waals surface area contributed by atoms with Gasteiger partial charge in [-0.2, -0.15) is 0 Å². The van der Waals surface area contributed by atoms with Crippen LogP contribution in [0.4, 0.5) is 34.1 Å². The second kappa shape index (κ2) is 20.2. The van der Waals surface area contributed by atoms with Gasteiger partial charge in [-0.3, -0.25) is 0 Å². The summed E-state index contributed by atoms with van der Waals surface area (Å²) in [5.41, 5.74) is 18.4. The van der Waals surface area contributed by atoms with E-state index in [1.807, 2.05) is 0 Å². The zero-order chi connectivity index (χ0) is 56.7.